The third-order valence-electron chi connectivity index (χ3n) is 3.04. The van der Waals surface area contributed by atoms with Crippen molar-refractivity contribution in [2.75, 3.05) is 11.4 Å². The van der Waals surface area contributed by atoms with E-state index in [1.807, 2.05) is 0 Å². The van der Waals surface area contributed by atoms with Crippen LogP contribution in [-0.2, 0) is 0 Å². The van der Waals surface area contributed by atoms with Crippen LogP contribution in [-0.4, -0.2) is 28.6 Å². The van der Waals surface area contributed by atoms with Crippen molar-refractivity contribution in [3.05, 3.63) is 17.5 Å². The van der Waals surface area contributed by atoms with Crippen molar-refractivity contribution in [3.63, 3.8) is 0 Å². The van der Waals surface area contributed by atoms with Gasteiger partial charge in [0.15, 0.2) is 0 Å². The molecule has 0 bridgehead atoms. The Balaban J connectivity index is 1.93. The summed E-state index contributed by atoms with van der Waals surface area (Å²) in [6.07, 6.45) is 3.95. The molecule has 1 saturated carbocycles. The van der Waals surface area contributed by atoms with Crippen LogP contribution in [0.25, 0.3) is 0 Å². The van der Waals surface area contributed by atoms with Gasteiger partial charge in [0.1, 0.15) is 5.82 Å². The molecule has 1 N–H and O–H groups in total. The van der Waals surface area contributed by atoms with Gasteiger partial charge in [-0.15, -0.1) is 0 Å². The van der Waals surface area contributed by atoms with Crippen molar-refractivity contribution in [2.24, 2.45) is 5.92 Å². The Morgan fingerprint density at radius 1 is 1.50 bits per heavy atom. The number of hydrogen-bond donors (Lipinski definition) is 1. The quantitative estimate of drug-likeness (QED) is 0.794. The van der Waals surface area contributed by atoms with Crippen molar-refractivity contribution in [3.8, 4) is 0 Å². The monoisotopic (exact) mass is 238 g/mol. The maximum atomic E-state index is 11.7. The van der Waals surface area contributed by atoms with Crippen LogP contribution < -0.4 is 10.2 Å². The highest BCUT2D eigenvalue weighted by Crippen LogP contribution is 2.38. The van der Waals surface area contributed by atoms with E-state index in [1.165, 1.54) is 12.8 Å². The van der Waals surface area contributed by atoms with E-state index in [-0.39, 0.29) is 17.4 Å². The molecule has 2 fully saturated rings. The van der Waals surface area contributed by atoms with Gasteiger partial charge in [-0.2, -0.15) is 0 Å². The highest BCUT2D eigenvalue weighted by atomic mass is 35.5. The van der Waals surface area contributed by atoms with Crippen LogP contribution >= 0.6 is 11.6 Å². The second-order valence-electron chi connectivity index (χ2n) is 4.14. The van der Waals surface area contributed by atoms with Crippen LogP contribution in [0.1, 0.15) is 12.8 Å². The van der Waals surface area contributed by atoms with Crippen LogP contribution in [0, 0.1) is 5.92 Å². The normalized spacial score (nSPS) is 24.7. The summed E-state index contributed by atoms with van der Waals surface area (Å²) in [5.41, 5.74) is 0. The minimum atomic E-state index is -0.0910. The number of rotatable bonds is 2. The van der Waals surface area contributed by atoms with Gasteiger partial charge in [-0.1, -0.05) is 0 Å². The summed E-state index contributed by atoms with van der Waals surface area (Å²) >= 11 is 5.73. The zero-order valence-corrected chi connectivity index (χ0v) is 9.31. The Hall–Kier alpha value is -1.36. The fourth-order valence-electron chi connectivity index (χ4n) is 2.11. The number of urea groups is 1. The van der Waals surface area contributed by atoms with Gasteiger partial charge >= 0.3 is 6.03 Å². The van der Waals surface area contributed by atoms with Crippen LogP contribution in [0.5, 0.6) is 0 Å². The van der Waals surface area contributed by atoms with E-state index in [0.717, 1.165) is 0 Å². The smallest absolute Gasteiger partial charge is 0.323 e. The molecular formula is C10H11ClN4O. The topological polar surface area (TPSA) is 58.1 Å². The Morgan fingerprint density at radius 2 is 2.31 bits per heavy atom. The standard InChI is InChI=1S/C10H11ClN4O/c11-9-12-4-3-8(14-9)15-7(6-1-2-6)5-13-10(15)16/h3-4,6-7H,1-2,5H2,(H,13,16). The molecule has 2 heterocycles. The third-order valence-corrected chi connectivity index (χ3v) is 3.22. The first-order chi connectivity index (χ1) is 7.75. The van der Waals surface area contributed by atoms with E-state index >= 15 is 0 Å². The third kappa shape index (κ3) is 1.61. The van der Waals surface area contributed by atoms with Gasteiger partial charge in [0.25, 0.3) is 0 Å². The molecular weight excluding hydrogens is 228 g/mol. The highest BCUT2D eigenvalue weighted by Gasteiger charge is 2.42. The van der Waals surface area contributed by atoms with Gasteiger partial charge in [-0.25, -0.2) is 14.8 Å². The molecule has 1 aliphatic heterocycles. The van der Waals surface area contributed by atoms with Crippen molar-refractivity contribution in [2.45, 2.75) is 18.9 Å². The zero-order chi connectivity index (χ0) is 11.1. The lowest BCUT2D eigenvalue weighted by Crippen LogP contribution is -2.36. The Morgan fingerprint density at radius 3 is 3.00 bits per heavy atom. The number of amides is 2. The molecule has 6 heteroatoms. The predicted molar refractivity (Wildman–Crippen MR) is 59.4 cm³/mol. The van der Waals surface area contributed by atoms with Crippen molar-refractivity contribution in [1.82, 2.24) is 15.3 Å². The van der Waals surface area contributed by atoms with E-state index in [0.29, 0.717) is 18.3 Å². The summed E-state index contributed by atoms with van der Waals surface area (Å²) in [5, 5.41) is 3.02. The molecule has 1 unspecified atom stereocenters. The van der Waals surface area contributed by atoms with Crippen LogP contribution in [0.2, 0.25) is 5.28 Å². The maximum absolute atomic E-state index is 11.7. The number of anilines is 1. The number of nitrogens with one attached hydrogen (secondary N) is 1. The zero-order valence-electron chi connectivity index (χ0n) is 8.56. The Bertz CT molecular complexity index is 435. The van der Waals surface area contributed by atoms with E-state index in [2.05, 4.69) is 15.3 Å². The number of carbonyl (C=O) groups excluding carboxylic acids is 1. The van der Waals surface area contributed by atoms with E-state index in [1.54, 1.807) is 17.2 Å². The lowest BCUT2D eigenvalue weighted by atomic mass is 10.2. The summed E-state index contributed by atoms with van der Waals surface area (Å²) in [4.78, 5) is 21.3. The van der Waals surface area contributed by atoms with E-state index < -0.39 is 0 Å². The van der Waals surface area contributed by atoms with Crippen LogP contribution in [0.15, 0.2) is 12.3 Å². The van der Waals surface area contributed by atoms with Gasteiger partial charge in [-0.05, 0) is 36.4 Å². The van der Waals surface area contributed by atoms with E-state index in [4.69, 9.17) is 11.6 Å². The van der Waals surface area contributed by atoms with Gasteiger partial charge in [-0.3, -0.25) is 4.90 Å². The summed E-state index contributed by atoms with van der Waals surface area (Å²) in [5.74, 6) is 1.19. The second kappa shape index (κ2) is 3.59. The predicted octanol–water partition coefficient (Wildman–Crippen LogP) is 1.44. The molecule has 5 nitrogen and oxygen atoms in total. The molecule has 3 rings (SSSR count). The molecule has 0 aromatic carbocycles. The summed E-state index contributed by atoms with van der Waals surface area (Å²) in [7, 11) is 0. The van der Waals surface area contributed by atoms with Crippen LogP contribution in [0.4, 0.5) is 10.6 Å². The Labute approximate surface area is 97.8 Å². The number of aromatic nitrogens is 2. The van der Waals surface area contributed by atoms with Gasteiger partial charge in [0, 0.05) is 12.7 Å². The fraction of sp³-hybridized carbons (Fsp3) is 0.500. The first-order valence-corrected chi connectivity index (χ1v) is 5.69. The molecule has 2 aliphatic rings. The fourth-order valence-corrected chi connectivity index (χ4v) is 2.25. The van der Waals surface area contributed by atoms with Crippen LogP contribution in [0.3, 0.4) is 0 Å². The molecule has 1 atom stereocenters. The highest BCUT2D eigenvalue weighted by molar-refractivity contribution is 6.28. The first-order valence-electron chi connectivity index (χ1n) is 5.31. The number of carbonyl (C=O) groups is 1. The van der Waals surface area contributed by atoms with Crippen molar-refractivity contribution < 1.29 is 4.79 Å². The molecule has 1 aromatic rings. The lowest BCUT2D eigenvalue weighted by Gasteiger charge is -2.21. The number of nitrogens with zero attached hydrogens (tertiary/aromatic N) is 3. The molecule has 1 saturated heterocycles. The molecule has 1 aromatic heterocycles. The van der Waals surface area contributed by atoms with Gasteiger partial charge < -0.3 is 5.32 Å². The van der Waals surface area contributed by atoms with Crippen molar-refractivity contribution in [1.29, 1.82) is 0 Å². The summed E-state index contributed by atoms with van der Waals surface area (Å²) in [6.45, 7) is 0.700. The van der Waals surface area contributed by atoms with Gasteiger partial charge in [0.05, 0.1) is 6.04 Å². The lowest BCUT2D eigenvalue weighted by molar-refractivity contribution is 0.251. The SMILES string of the molecule is O=C1NCC(C2CC2)N1c1ccnc(Cl)n1. The number of hydrogen-bond acceptors (Lipinski definition) is 3. The minimum Gasteiger partial charge on any atom is -0.336 e. The van der Waals surface area contributed by atoms with Gasteiger partial charge in [0.2, 0.25) is 5.28 Å². The molecule has 84 valence electrons. The molecule has 1 aliphatic carbocycles. The summed E-state index contributed by atoms with van der Waals surface area (Å²) in [6, 6.07) is 1.84. The largest absolute Gasteiger partial charge is 0.336 e. The first kappa shape index (κ1) is 9.84. The summed E-state index contributed by atoms with van der Waals surface area (Å²) < 4.78 is 0. The molecule has 16 heavy (non-hydrogen) atoms. The second-order valence-corrected chi connectivity index (χ2v) is 4.48. The minimum absolute atomic E-state index is 0.0910. The number of halogens is 1. The Kier molecular flexibility index (Phi) is 2.21. The average Bonchev–Trinajstić information content (AvgIpc) is 3.02. The van der Waals surface area contributed by atoms with Crippen molar-refractivity contribution >= 4 is 23.4 Å². The molecule has 0 spiro atoms. The molecule has 2 amide bonds. The maximum Gasteiger partial charge on any atom is 0.323 e. The van der Waals surface area contributed by atoms with E-state index in [9.17, 15) is 4.79 Å². The average molecular weight is 239 g/mol. The molecule has 0 radical (unpaired) electrons.